The highest BCUT2D eigenvalue weighted by atomic mass is 32.2. The van der Waals surface area contributed by atoms with Gasteiger partial charge in [-0.1, -0.05) is 35.4 Å². The van der Waals surface area contributed by atoms with Crippen LogP contribution in [0.25, 0.3) is 0 Å². The minimum atomic E-state index is -3.74. The number of hydrogen-bond donors (Lipinski definition) is 1. The van der Waals surface area contributed by atoms with Crippen molar-refractivity contribution in [3.63, 3.8) is 0 Å². The van der Waals surface area contributed by atoms with Crippen molar-refractivity contribution >= 4 is 15.7 Å². The van der Waals surface area contributed by atoms with Gasteiger partial charge in [-0.25, -0.2) is 8.42 Å². The molecule has 6 heteroatoms. The van der Waals surface area contributed by atoms with Crippen LogP contribution in [0.1, 0.15) is 32.5 Å². The van der Waals surface area contributed by atoms with Crippen LogP contribution < -0.4 is 5.32 Å². The highest BCUT2D eigenvalue weighted by molar-refractivity contribution is 7.91. The second-order valence-electron chi connectivity index (χ2n) is 6.44. The van der Waals surface area contributed by atoms with Crippen molar-refractivity contribution in [2.45, 2.75) is 24.0 Å². The lowest BCUT2D eigenvalue weighted by Crippen LogP contribution is -2.31. The minimum Gasteiger partial charge on any atom is -0.468 e. The van der Waals surface area contributed by atoms with Crippen LogP contribution in [0.15, 0.2) is 76.2 Å². The fraction of sp³-hybridized carbons (Fsp3) is 0.190. The molecule has 1 amide bonds. The second kappa shape index (κ2) is 7.80. The summed E-state index contributed by atoms with van der Waals surface area (Å²) in [7, 11) is -3.74. The lowest BCUT2D eigenvalue weighted by atomic mass is 10.1. The largest absolute Gasteiger partial charge is 0.468 e. The predicted octanol–water partition coefficient (Wildman–Crippen LogP) is 3.84. The number of aryl methyl sites for hydroxylation is 2. The van der Waals surface area contributed by atoms with Crippen LogP contribution in [0.5, 0.6) is 0 Å². The number of carbonyl (C=O) groups is 1. The van der Waals surface area contributed by atoms with Crippen LogP contribution in [-0.2, 0) is 9.84 Å². The molecule has 1 aromatic heterocycles. The molecule has 1 unspecified atom stereocenters. The molecular formula is C21H21NO4S. The van der Waals surface area contributed by atoms with E-state index in [-0.39, 0.29) is 17.3 Å². The van der Waals surface area contributed by atoms with Crippen molar-refractivity contribution in [1.82, 2.24) is 5.32 Å². The summed E-state index contributed by atoms with van der Waals surface area (Å²) >= 11 is 0. The zero-order valence-corrected chi connectivity index (χ0v) is 16.0. The topological polar surface area (TPSA) is 76.4 Å². The molecule has 3 rings (SSSR count). The molecule has 1 N–H and O–H groups in total. The predicted molar refractivity (Wildman–Crippen MR) is 103 cm³/mol. The number of rotatable bonds is 6. The normalized spacial score (nSPS) is 12.5. The van der Waals surface area contributed by atoms with E-state index >= 15 is 0 Å². The zero-order valence-electron chi connectivity index (χ0n) is 15.2. The maximum absolute atomic E-state index is 13.1. The highest BCUT2D eigenvalue weighted by Crippen LogP contribution is 2.29. The maximum atomic E-state index is 13.1. The summed E-state index contributed by atoms with van der Waals surface area (Å²) in [5.41, 5.74) is 2.41. The number of sulfone groups is 1. The second-order valence-corrected chi connectivity index (χ2v) is 8.57. The summed E-state index contributed by atoms with van der Waals surface area (Å²) in [6.45, 7) is 3.70. The average molecular weight is 383 g/mol. The maximum Gasteiger partial charge on any atom is 0.251 e. The van der Waals surface area contributed by atoms with Gasteiger partial charge in [-0.05, 0) is 50.2 Å². The van der Waals surface area contributed by atoms with Gasteiger partial charge in [0.15, 0.2) is 9.84 Å². The molecule has 0 bridgehead atoms. The Labute approximate surface area is 159 Å². The number of hydrogen-bond acceptors (Lipinski definition) is 4. The molecule has 140 valence electrons. The van der Waals surface area contributed by atoms with Crippen molar-refractivity contribution in [2.24, 2.45) is 0 Å². The first-order chi connectivity index (χ1) is 12.9. The summed E-state index contributed by atoms with van der Waals surface area (Å²) in [5, 5.41) is 1.71. The number of amides is 1. The third-order valence-corrected chi connectivity index (χ3v) is 6.39. The van der Waals surface area contributed by atoms with Gasteiger partial charge in [-0.3, -0.25) is 4.79 Å². The molecule has 1 atom stereocenters. The minimum absolute atomic E-state index is 0.0868. The first kappa shape index (κ1) is 18.9. The Bertz CT molecular complexity index is 1020. The summed E-state index contributed by atoms with van der Waals surface area (Å²) in [5.74, 6) is -0.0329. The number of nitrogens with one attached hydrogen (secondary N) is 1. The van der Waals surface area contributed by atoms with E-state index in [9.17, 15) is 13.2 Å². The van der Waals surface area contributed by atoms with Crippen LogP contribution in [-0.4, -0.2) is 20.9 Å². The fourth-order valence-corrected chi connectivity index (χ4v) is 4.39. The molecule has 0 aliphatic rings. The Balaban J connectivity index is 1.86. The third kappa shape index (κ3) is 4.28. The number of furan rings is 1. The first-order valence-electron chi connectivity index (χ1n) is 8.57. The van der Waals surface area contributed by atoms with Crippen LogP contribution in [0.4, 0.5) is 0 Å². The quantitative estimate of drug-likeness (QED) is 0.702. The van der Waals surface area contributed by atoms with E-state index in [0.717, 1.165) is 11.1 Å². The monoisotopic (exact) mass is 383 g/mol. The number of carbonyl (C=O) groups excluding carboxylic acids is 1. The summed E-state index contributed by atoms with van der Waals surface area (Å²) in [6.07, 6.45) is 1.43. The van der Waals surface area contributed by atoms with Gasteiger partial charge < -0.3 is 9.73 Å². The van der Waals surface area contributed by atoms with Gasteiger partial charge in [-0.2, -0.15) is 0 Å². The van der Waals surface area contributed by atoms with E-state index in [2.05, 4.69) is 5.32 Å². The van der Waals surface area contributed by atoms with Crippen LogP contribution >= 0.6 is 0 Å². The first-order valence-corrected chi connectivity index (χ1v) is 10.1. The van der Waals surface area contributed by atoms with E-state index in [4.69, 9.17) is 4.42 Å². The van der Waals surface area contributed by atoms with E-state index in [1.165, 1.54) is 6.26 Å². The number of benzene rings is 2. The van der Waals surface area contributed by atoms with Gasteiger partial charge in [0.1, 0.15) is 11.0 Å². The lowest BCUT2D eigenvalue weighted by molar-refractivity contribution is 0.0953. The molecule has 0 spiro atoms. The molecule has 3 aromatic rings. The standard InChI is InChI=1S/C21H21NO4S/c1-15-8-10-18(11-9-15)27(24,25)20(19-7-4-12-26-19)14-22-21(23)17-6-3-5-16(2)13-17/h3-13,20H,14H2,1-2H3,(H,22,23). The highest BCUT2D eigenvalue weighted by Gasteiger charge is 2.31. The van der Waals surface area contributed by atoms with Crippen molar-refractivity contribution < 1.29 is 17.6 Å². The molecule has 0 saturated heterocycles. The Hall–Kier alpha value is -2.86. The molecule has 0 radical (unpaired) electrons. The van der Waals surface area contributed by atoms with Gasteiger partial charge in [0.25, 0.3) is 5.91 Å². The van der Waals surface area contributed by atoms with Crippen LogP contribution in [0, 0.1) is 13.8 Å². The molecule has 0 saturated carbocycles. The molecule has 27 heavy (non-hydrogen) atoms. The zero-order chi connectivity index (χ0) is 19.4. The molecule has 2 aromatic carbocycles. The SMILES string of the molecule is Cc1ccc(S(=O)(=O)C(CNC(=O)c2cccc(C)c2)c2ccco2)cc1. The summed E-state index contributed by atoms with van der Waals surface area (Å²) < 4.78 is 31.6. The molecule has 0 aliphatic heterocycles. The van der Waals surface area contributed by atoms with Crippen molar-refractivity contribution in [3.8, 4) is 0 Å². The van der Waals surface area contributed by atoms with Gasteiger partial charge in [0.2, 0.25) is 0 Å². The molecule has 5 nitrogen and oxygen atoms in total. The Kier molecular flexibility index (Phi) is 5.46. The van der Waals surface area contributed by atoms with Gasteiger partial charge >= 0.3 is 0 Å². The Morgan fingerprint density at radius 3 is 2.37 bits per heavy atom. The smallest absolute Gasteiger partial charge is 0.251 e. The van der Waals surface area contributed by atoms with Gasteiger partial charge in [0, 0.05) is 12.1 Å². The average Bonchev–Trinajstić information content (AvgIpc) is 3.16. The van der Waals surface area contributed by atoms with E-state index in [1.54, 1.807) is 54.6 Å². The van der Waals surface area contributed by atoms with Gasteiger partial charge in [0.05, 0.1) is 11.2 Å². The molecule has 0 fully saturated rings. The van der Waals surface area contributed by atoms with Crippen molar-refractivity contribution in [3.05, 3.63) is 89.4 Å². The van der Waals surface area contributed by atoms with Crippen molar-refractivity contribution in [1.29, 1.82) is 0 Å². The van der Waals surface area contributed by atoms with E-state index < -0.39 is 15.1 Å². The Morgan fingerprint density at radius 1 is 1.00 bits per heavy atom. The summed E-state index contributed by atoms with van der Waals surface area (Å²) in [6, 6.07) is 17.0. The molecule has 0 aliphatic carbocycles. The Morgan fingerprint density at radius 2 is 1.74 bits per heavy atom. The van der Waals surface area contributed by atoms with Crippen molar-refractivity contribution in [2.75, 3.05) is 6.54 Å². The molecule has 1 heterocycles. The van der Waals surface area contributed by atoms with Crippen LogP contribution in [0.2, 0.25) is 0 Å². The van der Waals surface area contributed by atoms with E-state index in [0.29, 0.717) is 11.3 Å². The van der Waals surface area contributed by atoms with E-state index in [1.807, 2.05) is 19.9 Å². The van der Waals surface area contributed by atoms with Gasteiger partial charge in [-0.15, -0.1) is 0 Å². The lowest BCUT2D eigenvalue weighted by Gasteiger charge is -2.17. The third-order valence-electron chi connectivity index (χ3n) is 4.31. The molecular weight excluding hydrogens is 362 g/mol. The fourth-order valence-electron chi connectivity index (χ4n) is 2.80. The summed E-state index contributed by atoms with van der Waals surface area (Å²) in [4.78, 5) is 12.6. The van der Waals surface area contributed by atoms with Crippen LogP contribution in [0.3, 0.4) is 0 Å².